The molecule has 0 radical (unpaired) electrons. The van der Waals surface area contributed by atoms with Gasteiger partial charge in [-0.15, -0.1) is 0 Å². The number of benzene rings is 1. The summed E-state index contributed by atoms with van der Waals surface area (Å²) < 4.78 is 32.0. The molecule has 216 valence electrons. The van der Waals surface area contributed by atoms with Crippen molar-refractivity contribution in [2.75, 3.05) is 56.4 Å². The number of nitrogens with zero attached hydrogens (tertiary/aromatic N) is 5. The van der Waals surface area contributed by atoms with E-state index < -0.39 is 28.6 Å². The largest absolute Gasteiger partial charge is 0.477 e. The number of likely N-dealkylation sites (tertiary alicyclic amines) is 1. The first-order valence-corrected chi connectivity index (χ1v) is 13.8. The number of fused-ring (bicyclic) bond motifs is 5. The number of anilines is 2. The zero-order valence-corrected chi connectivity index (χ0v) is 23.3. The Morgan fingerprint density at radius 3 is 2.64 bits per heavy atom. The number of pyridine rings is 3. The van der Waals surface area contributed by atoms with Gasteiger partial charge in [-0.25, -0.2) is 23.2 Å². The lowest BCUT2D eigenvalue weighted by atomic mass is 9.82. The van der Waals surface area contributed by atoms with Crippen molar-refractivity contribution in [2.24, 2.45) is 5.92 Å². The van der Waals surface area contributed by atoms with Gasteiger partial charge in [0.1, 0.15) is 5.56 Å². The molecule has 1 aliphatic carbocycles. The number of likely N-dealkylation sites (N-methyl/N-ethyl adjacent to an activating group) is 1. The van der Waals surface area contributed by atoms with E-state index in [2.05, 4.69) is 32.6 Å². The number of carboxylic acids is 1. The van der Waals surface area contributed by atoms with E-state index in [0.29, 0.717) is 64.2 Å². The Hall–Kier alpha value is -4.58. The van der Waals surface area contributed by atoms with Gasteiger partial charge in [-0.1, -0.05) is 0 Å². The molecule has 1 aromatic carbocycles. The minimum absolute atomic E-state index is 0.112. The van der Waals surface area contributed by atoms with Crippen LogP contribution in [-0.4, -0.2) is 77.4 Å². The maximum Gasteiger partial charge on any atom is 0.341 e. The molecule has 2 saturated heterocycles. The summed E-state index contributed by atoms with van der Waals surface area (Å²) in [6, 6.07) is 3.11. The number of hydrogen-bond acceptors (Lipinski definition) is 8. The monoisotopic (exact) mass is 573 g/mol. The highest BCUT2D eigenvalue weighted by atomic mass is 19.2. The number of hydrogen-bond donors (Lipinski definition) is 3. The van der Waals surface area contributed by atoms with Crippen LogP contribution in [0, 0.1) is 17.6 Å². The zero-order chi connectivity index (χ0) is 29.4. The van der Waals surface area contributed by atoms with Crippen LogP contribution in [-0.2, 0) is 6.42 Å². The number of aromatic nitrogens is 3. The molecule has 42 heavy (non-hydrogen) atoms. The van der Waals surface area contributed by atoms with Crippen molar-refractivity contribution >= 4 is 28.4 Å². The molecule has 0 amide bonds. The third-order valence-electron chi connectivity index (χ3n) is 9.07. The Bertz CT molecular complexity index is 1870. The van der Waals surface area contributed by atoms with Crippen LogP contribution >= 0.6 is 0 Å². The van der Waals surface area contributed by atoms with Gasteiger partial charge in [-0.2, -0.15) is 0 Å². The second-order valence-electron chi connectivity index (χ2n) is 11.2. The van der Waals surface area contributed by atoms with Crippen LogP contribution in [0.5, 0.6) is 0 Å². The average Bonchev–Trinajstić information content (AvgIpc) is 3.38. The van der Waals surface area contributed by atoms with Crippen molar-refractivity contribution in [3.05, 3.63) is 69.4 Å². The Labute approximate surface area is 239 Å². The summed E-state index contributed by atoms with van der Waals surface area (Å²) in [6.07, 6.45) is 5.80. The van der Waals surface area contributed by atoms with Crippen LogP contribution in [0.1, 0.15) is 28.0 Å². The number of rotatable bonds is 5. The topological polar surface area (TPSA) is 116 Å². The van der Waals surface area contributed by atoms with E-state index in [1.54, 1.807) is 32.6 Å². The summed E-state index contributed by atoms with van der Waals surface area (Å²) >= 11 is 0. The van der Waals surface area contributed by atoms with Gasteiger partial charge in [-0.3, -0.25) is 9.78 Å². The Morgan fingerprint density at radius 2 is 1.93 bits per heavy atom. The summed E-state index contributed by atoms with van der Waals surface area (Å²) in [6.45, 7) is 2.46. The zero-order valence-electron chi connectivity index (χ0n) is 23.3. The summed E-state index contributed by atoms with van der Waals surface area (Å²) in [5.41, 5.74) is 6.44. The first-order valence-electron chi connectivity index (χ1n) is 13.8. The second-order valence-corrected chi connectivity index (χ2v) is 11.2. The van der Waals surface area contributed by atoms with Gasteiger partial charge >= 0.3 is 5.97 Å². The highest BCUT2D eigenvalue weighted by Crippen LogP contribution is 2.51. The van der Waals surface area contributed by atoms with Crippen LogP contribution in [0.15, 0.2) is 35.5 Å². The van der Waals surface area contributed by atoms with E-state index in [0.717, 1.165) is 19.5 Å². The fourth-order valence-electron chi connectivity index (χ4n) is 6.92. The van der Waals surface area contributed by atoms with Gasteiger partial charge in [0, 0.05) is 98.8 Å². The van der Waals surface area contributed by atoms with Crippen molar-refractivity contribution in [1.82, 2.24) is 19.5 Å². The molecule has 2 atom stereocenters. The SMILES string of the molecule is CNc1cc(F)c(F)c2c1Cc1ncc(-c3cnc4c(c3)c(=O)c(C(=O)O)cn4NC)c(N3CC[C@H]4CN(C)C4C3)c1-2. The van der Waals surface area contributed by atoms with Gasteiger partial charge < -0.3 is 25.6 Å². The first kappa shape index (κ1) is 26.3. The minimum Gasteiger partial charge on any atom is -0.477 e. The number of aromatic carboxylic acids is 1. The molecule has 2 fully saturated rings. The van der Waals surface area contributed by atoms with Crippen LogP contribution in [0.25, 0.3) is 33.3 Å². The number of piperidine rings is 1. The molecule has 0 saturated carbocycles. The van der Waals surface area contributed by atoms with E-state index in [4.69, 9.17) is 4.98 Å². The molecule has 3 N–H and O–H groups in total. The highest BCUT2D eigenvalue weighted by molar-refractivity contribution is 5.98. The number of halogens is 2. The van der Waals surface area contributed by atoms with Gasteiger partial charge in [0.05, 0.1) is 16.8 Å². The molecule has 2 aliphatic heterocycles. The summed E-state index contributed by atoms with van der Waals surface area (Å²) in [5.74, 6) is -2.63. The molecule has 0 bridgehead atoms. The Kier molecular flexibility index (Phi) is 5.94. The molecule has 3 aromatic heterocycles. The fourth-order valence-corrected chi connectivity index (χ4v) is 6.92. The second kappa shape index (κ2) is 9.48. The predicted molar refractivity (Wildman–Crippen MR) is 156 cm³/mol. The van der Waals surface area contributed by atoms with Gasteiger partial charge in [0.25, 0.3) is 0 Å². The lowest BCUT2D eigenvalue weighted by molar-refractivity contribution is 0.0280. The van der Waals surface area contributed by atoms with Crippen molar-refractivity contribution in [1.29, 1.82) is 0 Å². The molecule has 5 heterocycles. The third kappa shape index (κ3) is 3.71. The number of carboxylic acid groups (broad SMARTS) is 1. The van der Waals surface area contributed by atoms with Gasteiger partial charge in [-0.05, 0) is 31.0 Å². The molecule has 3 aliphatic rings. The predicted octanol–water partition coefficient (Wildman–Crippen LogP) is 3.36. The minimum atomic E-state index is -1.35. The van der Waals surface area contributed by atoms with E-state index in [1.165, 1.54) is 16.9 Å². The van der Waals surface area contributed by atoms with Crippen molar-refractivity contribution in [3.63, 3.8) is 0 Å². The van der Waals surface area contributed by atoms with E-state index in [-0.39, 0.29) is 16.6 Å². The standard InChI is InChI=1S/C30H29F2N7O3/c1-33-21-8-20(31)26(32)24-16(21)7-22-25(24)27(38-5-4-14-11-37(3)23(14)13-38)18(10-35-22)15-6-17-28(40)19(30(41)42)12-39(34-2)29(17)36-9-15/h6,8-10,12,14,23,33-34H,4-5,7,11,13H2,1-3H3,(H,41,42)/t14-,23?/m0/s1. The van der Waals surface area contributed by atoms with Crippen molar-refractivity contribution in [2.45, 2.75) is 18.9 Å². The van der Waals surface area contributed by atoms with Gasteiger partial charge in [0.15, 0.2) is 17.3 Å². The lowest BCUT2D eigenvalue weighted by Gasteiger charge is -2.53. The highest BCUT2D eigenvalue weighted by Gasteiger charge is 2.42. The maximum absolute atomic E-state index is 15.7. The maximum atomic E-state index is 15.7. The molecule has 12 heteroatoms. The van der Waals surface area contributed by atoms with Crippen LogP contribution < -0.4 is 21.1 Å². The van der Waals surface area contributed by atoms with Crippen molar-refractivity contribution < 1.29 is 18.7 Å². The molecular formula is C30H29F2N7O3. The quantitative estimate of drug-likeness (QED) is 0.291. The lowest BCUT2D eigenvalue weighted by Crippen LogP contribution is -2.62. The van der Waals surface area contributed by atoms with E-state index >= 15 is 4.39 Å². The van der Waals surface area contributed by atoms with E-state index in [9.17, 15) is 19.1 Å². The van der Waals surface area contributed by atoms with Crippen molar-refractivity contribution in [3.8, 4) is 22.3 Å². The molecule has 10 nitrogen and oxygen atoms in total. The van der Waals surface area contributed by atoms with Crippen LogP contribution in [0.2, 0.25) is 0 Å². The van der Waals surface area contributed by atoms with Crippen LogP contribution in [0.3, 0.4) is 0 Å². The molecule has 1 unspecified atom stereocenters. The smallest absolute Gasteiger partial charge is 0.341 e. The average molecular weight is 574 g/mol. The first-order chi connectivity index (χ1) is 20.2. The molecule has 0 spiro atoms. The third-order valence-corrected chi connectivity index (χ3v) is 9.07. The summed E-state index contributed by atoms with van der Waals surface area (Å²) in [4.78, 5) is 38.9. The molecule has 7 rings (SSSR count). The summed E-state index contributed by atoms with van der Waals surface area (Å²) in [5, 5.41) is 12.8. The van der Waals surface area contributed by atoms with E-state index in [1.807, 2.05) is 0 Å². The number of carbonyl (C=O) groups is 1. The fraction of sp³-hybridized carbons (Fsp3) is 0.333. The molecular weight excluding hydrogens is 544 g/mol. The molecule has 4 aromatic rings. The Balaban J connectivity index is 1.50. The van der Waals surface area contributed by atoms with Crippen LogP contribution in [0.4, 0.5) is 20.2 Å². The summed E-state index contributed by atoms with van der Waals surface area (Å²) in [7, 11) is 5.36. The normalized spacial score (nSPS) is 19.2. The Morgan fingerprint density at radius 1 is 1.12 bits per heavy atom. The number of nitrogens with one attached hydrogen (secondary N) is 2. The van der Waals surface area contributed by atoms with Gasteiger partial charge in [0.2, 0.25) is 5.43 Å².